The van der Waals surface area contributed by atoms with Crippen molar-refractivity contribution < 1.29 is 13.2 Å². The SMILES string of the molecule is CC(=O)Nc1ccc(S(=O)(=O)NCCSCc2ccc(C)cc2)cc1. The van der Waals surface area contributed by atoms with E-state index in [1.54, 1.807) is 23.9 Å². The molecule has 0 atom stereocenters. The van der Waals surface area contributed by atoms with E-state index in [0.29, 0.717) is 18.0 Å². The highest BCUT2D eigenvalue weighted by Crippen LogP contribution is 2.15. The number of aryl methyl sites for hydroxylation is 1. The van der Waals surface area contributed by atoms with E-state index in [4.69, 9.17) is 0 Å². The van der Waals surface area contributed by atoms with Crippen LogP contribution in [0.2, 0.25) is 0 Å². The molecule has 0 spiro atoms. The molecule has 2 aromatic carbocycles. The monoisotopic (exact) mass is 378 g/mol. The summed E-state index contributed by atoms with van der Waals surface area (Å²) in [7, 11) is -3.53. The van der Waals surface area contributed by atoms with Crippen LogP contribution >= 0.6 is 11.8 Å². The highest BCUT2D eigenvalue weighted by Gasteiger charge is 2.13. The van der Waals surface area contributed by atoms with Gasteiger partial charge in [0.1, 0.15) is 0 Å². The molecule has 0 radical (unpaired) electrons. The van der Waals surface area contributed by atoms with Gasteiger partial charge in [-0.2, -0.15) is 11.8 Å². The molecule has 0 aliphatic heterocycles. The van der Waals surface area contributed by atoms with Gasteiger partial charge in [0.2, 0.25) is 15.9 Å². The summed E-state index contributed by atoms with van der Waals surface area (Å²) < 4.78 is 27.1. The van der Waals surface area contributed by atoms with Gasteiger partial charge in [0.05, 0.1) is 4.90 Å². The molecule has 0 saturated carbocycles. The van der Waals surface area contributed by atoms with Crippen LogP contribution in [0.3, 0.4) is 0 Å². The molecule has 7 heteroatoms. The zero-order valence-electron chi connectivity index (χ0n) is 14.3. The van der Waals surface area contributed by atoms with Crippen LogP contribution < -0.4 is 10.0 Å². The molecule has 2 N–H and O–H groups in total. The first-order valence-electron chi connectivity index (χ1n) is 7.87. The van der Waals surface area contributed by atoms with Gasteiger partial charge < -0.3 is 5.32 Å². The number of rotatable bonds is 8. The molecule has 25 heavy (non-hydrogen) atoms. The van der Waals surface area contributed by atoms with Gasteiger partial charge in [-0.3, -0.25) is 4.79 Å². The third-order valence-electron chi connectivity index (χ3n) is 3.41. The predicted molar refractivity (Wildman–Crippen MR) is 103 cm³/mol. The van der Waals surface area contributed by atoms with Gasteiger partial charge in [-0.05, 0) is 36.8 Å². The number of hydrogen-bond donors (Lipinski definition) is 2. The highest BCUT2D eigenvalue weighted by atomic mass is 32.2. The van der Waals surface area contributed by atoms with Crippen molar-refractivity contribution in [3.8, 4) is 0 Å². The Bertz CT molecular complexity index is 801. The number of amides is 1. The molecular weight excluding hydrogens is 356 g/mol. The lowest BCUT2D eigenvalue weighted by Crippen LogP contribution is -2.26. The molecular formula is C18H22N2O3S2. The Hall–Kier alpha value is -1.83. The average Bonchev–Trinajstić information content (AvgIpc) is 2.56. The van der Waals surface area contributed by atoms with E-state index in [0.717, 1.165) is 5.75 Å². The first-order valence-corrected chi connectivity index (χ1v) is 10.5. The average molecular weight is 379 g/mol. The van der Waals surface area contributed by atoms with Crippen LogP contribution in [0.15, 0.2) is 53.4 Å². The molecule has 2 aromatic rings. The van der Waals surface area contributed by atoms with Gasteiger partial charge in [-0.15, -0.1) is 0 Å². The standard InChI is InChI=1S/C18H22N2O3S2/c1-14-3-5-16(6-4-14)13-24-12-11-19-25(22,23)18-9-7-17(8-10-18)20-15(2)21/h3-10,19H,11-13H2,1-2H3,(H,20,21). The molecule has 0 aliphatic rings. The fraction of sp³-hybridized carbons (Fsp3) is 0.278. The Labute approximate surface area is 153 Å². The smallest absolute Gasteiger partial charge is 0.240 e. The van der Waals surface area contributed by atoms with Crippen LogP contribution in [-0.2, 0) is 20.6 Å². The summed E-state index contributed by atoms with van der Waals surface area (Å²) in [5.74, 6) is 1.35. The van der Waals surface area contributed by atoms with Gasteiger partial charge in [0.15, 0.2) is 0 Å². The van der Waals surface area contributed by atoms with E-state index in [1.165, 1.54) is 30.2 Å². The summed E-state index contributed by atoms with van der Waals surface area (Å²) in [5.41, 5.74) is 3.03. The van der Waals surface area contributed by atoms with Crippen LogP contribution in [0.25, 0.3) is 0 Å². The molecule has 0 fully saturated rings. The van der Waals surface area contributed by atoms with Gasteiger partial charge in [-0.1, -0.05) is 29.8 Å². The second-order valence-electron chi connectivity index (χ2n) is 5.64. The third kappa shape index (κ3) is 6.53. The van der Waals surface area contributed by atoms with Gasteiger partial charge >= 0.3 is 0 Å². The van der Waals surface area contributed by atoms with Crippen molar-refractivity contribution in [3.05, 3.63) is 59.7 Å². The number of sulfonamides is 1. The van der Waals surface area contributed by atoms with Crippen molar-refractivity contribution in [1.82, 2.24) is 4.72 Å². The molecule has 0 unspecified atom stereocenters. The summed E-state index contributed by atoms with van der Waals surface area (Å²) in [4.78, 5) is 11.2. The van der Waals surface area contributed by atoms with E-state index >= 15 is 0 Å². The number of carbonyl (C=O) groups is 1. The quantitative estimate of drug-likeness (QED) is 0.692. The van der Waals surface area contributed by atoms with Crippen LogP contribution in [0.1, 0.15) is 18.1 Å². The van der Waals surface area contributed by atoms with E-state index in [-0.39, 0.29) is 10.8 Å². The van der Waals surface area contributed by atoms with E-state index in [2.05, 4.69) is 41.2 Å². The minimum atomic E-state index is -3.53. The van der Waals surface area contributed by atoms with Crippen LogP contribution in [0.4, 0.5) is 5.69 Å². The van der Waals surface area contributed by atoms with Crippen molar-refractivity contribution in [2.75, 3.05) is 17.6 Å². The molecule has 0 saturated heterocycles. The lowest BCUT2D eigenvalue weighted by molar-refractivity contribution is -0.114. The first-order chi connectivity index (χ1) is 11.9. The minimum absolute atomic E-state index is 0.185. The molecule has 0 aliphatic carbocycles. The Balaban J connectivity index is 1.78. The largest absolute Gasteiger partial charge is 0.326 e. The van der Waals surface area contributed by atoms with Crippen LogP contribution in [0, 0.1) is 6.92 Å². The van der Waals surface area contributed by atoms with Gasteiger partial charge in [0, 0.05) is 30.7 Å². The van der Waals surface area contributed by atoms with Crippen molar-refractivity contribution in [2.45, 2.75) is 24.5 Å². The molecule has 1 amide bonds. The summed E-state index contributed by atoms with van der Waals surface area (Å²) >= 11 is 1.68. The van der Waals surface area contributed by atoms with Crippen LogP contribution in [0.5, 0.6) is 0 Å². The summed E-state index contributed by atoms with van der Waals surface area (Å²) in [6.45, 7) is 3.82. The van der Waals surface area contributed by atoms with Gasteiger partial charge in [0.25, 0.3) is 0 Å². The minimum Gasteiger partial charge on any atom is -0.326 e. The number of benzene rings is 2. The summed E-state index contributed by atoms with van der Waals surface area (Å²) in [6, 6.07) is 14.4. The molecule has 134 valence electrons. The van der Waals surface area contributed by atoms with E-state index in [1.807, 2.05) is 0 Å². The second kappa shape index (κ2) is 9.03. The lowest BCUT2D eigenvalue weighted by atomic mass is 10.2. The Kier molecular flexibility index (Phi) is 7.04. The predicted octanol–water partition coefficient (Wildman–Crippen LogP) is 3.17. The molecule has 0 aromatic heterocycles. The molecule has 0 bridgehead atoms. The molecule has 5 nitrogen and oxygen atoms in total. The lowest BCUT2D eigenvalue weighted by Gasteiger charge is -2.08. The number of hydrogen-bond acceptors (Lipinski definition) is 4. The third-order valence-corrected chi connectivity index (χ3v) is 5.92. The number of thioether (sulfide) groups is 1. The number of nitrogens with one attached hydrogen (secondary N) is 2. The maximum atomic E-state index is 12.2. The Morgan fingerprint density at radius 3 is 2.28 bits per heavy atom. The Morgan fingerprint density at radius 1 is 1.04 bits per heavy atom. The Morgan fingerprint density at radius 2 is 1.68 bits per heavy atom. The zero-order valence-corrected chi connectivity index (χ0v) is 15.9. The number of anilines is 1. The maximum absolute atomic E-state index is 12.2. The van der Waals surface area contributed by atoms with Crippen LogP contribution in [-0.4, -0.2) is 26.6 Å². The van der Waals surface area contributed by atoms with E-state index in [9.17, 15) is 13.2 Å². The first kappa shape index (κ1) is 19.5. The van der Waals surface area contributed by atoms with Crippen molar-refractivity contribution in [1.29, 1.82) is 0 Å². The second-order valence-corrected chi connectivity index (χ2v) is 8.51. The topological polar surface area (TPSA) is 75.3 Å². The summed E-state index contributed by atoms with van der Waals surface area (Å²) in [6.07, 6.45) is 0. The van der Waals surface area contributed by atoms with Crippen molar-refractivity contribution >= 4 is 33.4 Å². The summed E-state index contributed by atoms with van der Waals surface area (Å²) in [5, 5.41) is 2.60. The fourth-order valence-corrected chi connectivity index (χ4v) is 4.11. The maximum Gasteiger partial charge on any atom is 0.240 e. The van der Waals surface area contributed by atoms with Crippen molar-refractivity contribution in [3.63, 3.8) is 0 Å². The normalized spacial score (nSPS) is 11.3. The highest BCUT2D eigenvalue weighted by molar-refractivity contribution is 7.98. The zero-order chi connectivity index (χ0) is 18.3. The van der Waals surface area contributed by atoms with E-state index < -0.39 is 10.0 Å². The fourth-order valence-electron chi connectivity index (χ4n) is 2.13. The molecule has 2 rings (SSSR count). The van der Waals surface area contributed by atoms with Crippen molar-refractivity contribution in [2.24, 2.45) is 0 Å². The number of carbonyl (C=O) groups excluding carboxylic acids is 1. The molecule has 0 heterocycles. The van der Waals surface area contributed by atoms with Gasteiger partial charge in [-0.25, -0.2) is 13.1 Å².